The molecule has 0 spiro atoms. The van der Waals surface area contributed by atoms with Crippen LogP contribution in [0.2, 0.25) is 0 Å². The van der Waals surface area contributed by atoms with Crippen LogP contribution in [0.1, 0.15) is 11.1 Å². The number of hydrogen-bond acceptors (Lipinski definition) is 0. The summed E-state index contributed by atoms with van der Waals surface area (Å²) in [4.78, 5) is 0. The summed E-state index contributed by atoms with van der Waals surface area (Å²) in [5.41, 5.74) is 2.74. The first-order chi connectivity index (χ1) is 3.80. The van der Waals surface area contributed by atoms with Gasteiger partial charge in [0.2, 0.25) is 0 Å². The van der Waals surface area contributed by atoms with Gasteiger partial charge in [-0.15, -0.1) is 0 Å². The van der Waals surface area contributed by atoms with Crippen molar-refractivity contribution >= 4 is 51.4 Å². The first-order valence-electron chi connectivity index (χ1n) is 2.83. The summed E-state index contributed by atoms with van der Waals surface area (Å²) in [5, 5.41) is 0. The Kier molecular flexibility index (Phi) is 5.08. The molecule has 9 heavy (non-hydrogen) atoms. The van der Waals surface area contributed by atoms with Gasteiger partial charge >= 0.3 is 0 Å². The van der Waals surface area contributed by atoms with E-state index in [4.69, 9.17) is 0 Å². The molecule has 0 saturated carbocycles. The predicted molar refractivity (Wildman–Crippen MR) is 41.7 cm³/mol. The van der Waals surface area contributed by atoms with Gasteiger partial charge in [0.05, 0.1) is 0 Å². The third-order valence-electron chi connectivity index (χ3n) is 1.43. The van der Waals surface area contributed by atoms with Crippen LogP contribution in [-0.4, -0.2) is 51.4 Å². The molecule has 0 aliphatic rings. The second-order valence-electron chi connectivity index (χ2n) is 2.08. The summed E-state index contributed by atoms with van der Waals surface area (Å²) >= 11 is 0. The standard InChI is InChI=1S/C8H10.K/c1-7-5-3-4-6-8(7)2;/h3-6H,1-2H3;. The van der Waals surface area contributed by atoms with Gasteiger partial charge in [-0.05, 0) is 25.0 Å². The molecular formula is C8H10K. The normalized spacial score (nSPS) is 8.22. The van der Waals surface area contributed by atoms with E-state index < -0.39 is 0 Å². The van der Waals surface area contributed by atoms with Crippen LogP contribution in [0.5, 0.6) is 0 Å². The van der Waals surface area contributed by atoms with Gasteiger partial charge in [0.15, 0.2) is 0 Å². The first-order valence-corrected chi connectivity index (χ1v) is 2.83. The molecule has 0 nitrogen and oxygen atoms in total. The number of benzene rings is 1. The summed E-state index contributed by atoms with van der Waals surface area (Å²) < 4.78 is 0. The smallest absolute Gasteiger partial charge is 0 e. The Bertz CT molecular complexity index is 161. The summed E-state index contributed by atoms with van der Waals surface area (Å²) in [6.07, 6.45) is 0. The Morgan fingerprint density at radius 2 is 1.22 bits per heavy atom. The molecule has 1 aromatic carbocycles. The van der Waals surface area contributed by atoms with E-state index in [2.05, 4.69) is 38.1 Å². The molecule has 43 valence electrons. The molecule has 0 amide bonds. The van der Waals surface area contributed by atoms with Crippen LogP contribution in [0.3, 0.4) is 0 Å². The van der Waals surface area contributed by atoms with Gasteiger partial charge in [-0.2, -0.15) is 0 Å². The third-order valence-corrected chi connectivity index (χ3v) is 1.43. The van der Waals surface area contributed by atoms with E-state index >= 15 is 0 Å². The molecule has 1 radical (unpaired) electrons. The predicted octanol–water partition coefficient (Wildman–Crippen LogP) is 1.92. The Labute approximate surface area is 99.1 Å². The molecular weight excluding hydrogens is 135 g/mol. The molecule has 0 N–H and O–H groups in total. The molecule has 0 aromatic heterocycles. The van der Waals surface area contributed by atoms with Crippen molar-refractivity contribution in [2.75, 3.05) is 0 Å². The Balaban J connectivity index is 0.000000640. The first kappa shape index (κ1) is 9.86. The molecule has 0 unspecified atom stereocenters. The summed E-state index contributed by atoms with van der Waals surface area (Å²) in [7, 11) is 0. The van der Waals surface area contributed by atoms with Crippen LogP contribution in [0.25, 0.3) is 0 Å². The Morgan fingerprint density at radius 1 is 0.889 bits per heavy atom. The van der Waals surface area contributed by atoms with Crippen molar-refractivity contribution in [3.8, 4) is 0 Å². The minimum atomic E-state index is 0. The number of hydrogen-bond donors (Lipinski definition) is 0. The van der Waals surface area contributed by atoms with Crippen molar-refractivity contribution in [2.45, 2.75) is 13.8 Å². The Morgan fingerprint density at radius 3 is 1.44 bits per heavy atom. The van der Waals surface area contributed by atoms with Crippen LogP contribution in [-0.2, 0) is 0 Å². The zero-order valence-corrected chi connectivity index (χ0v) is 9.43. The van der Waals surface area contributed by atoms with Crippen molar-refractivity contribution in [1.82, 2.24) is 0 Å². The van der Waals surface area contributed by atoms with E-state index in [1.54, 1.807) is 0 Å². The minimum absolute atomic E-state index is 0. The van der Waals surface area contributed by atoms with Crippen molar-refractivity contribution < 1.29 is 0 Å². The maximum atomic E-state index is 2.12. The van der Waals surface area contributed by atoms with E-state index in [1.165, 1.54) is 11.1 Å². The van der Waals surface area contributed by atoms with Crippen LogP contribution in [0, 0.1) is 13.8 Å². The summed E-state index contributed by atoms with van der Waals surface area (Å²) in [6.45, 7) is 4.24. The average Bonchev–Trinajstić information content (AvgIpc) is 1.77. The van der Waals surface area contributed by atoms with E-state index in [1.807, 2.05) is 0 Å². The van der Waals surface area contributed by atoms with Crippen molar-refractivity contribution in [2.24, 2.45) is 0 Å². The van der Waals surface area contributed by atoms with Crippen molar-refractivity contribution in [1.29, 1.82) is 0 Å². The van der Waals surface area contributed by atoms with Gasteiger partial charge in [0, 0.05) is 51.4 Å². The van der Waals surface area contributed by atoms with Crippen molar-refractivity contribution in [3.63, 3.8) is 0 Å². The molecule has 0 saturated heterocycles. The van der Waals surface area contributed by atoms with E-state index in [9.17, 15) is 0 Å². The molecule has 0 atom stereocenters. The maximum absolute atomic E-state index is 2.12. The third kappa shape index (κ3) is 2.96. The molecule has 0 fully saturated rings. The largest absolute Gasteiger partial charge is 0.0620 e. The zero-order chi connectivity index (χ0) is 5.98. The fraction of sp³-hybridized carbons (Fsp3) is 0.250. The summed E-state index contributed by atoms with van der Waals surface area (Å²) in [5.74, 6) is 0. The van der Waals surface area contributed by atoms with Gasteiger partial charge in [0.1, 0.15) is 0 Å². The van der Waals surface area contributed by atoms with Gasteiger partial charge in [-0.3, -0.25) is 0 Å². The van der Waals surface area contributed by atoms with Crippen LogP contribution in [0.4, 0.5) is 0 Å². The quantitative estimate of drug-likeness (QED) is 0.489. The van der Waals surface area contributed by atoms with Gasteiger partial charge < -0.3 is 0 Å². The number of aryl methyl sites for hydroxylation is 2. The van der Waals surface area contributed by atoms with Gasteiger partial charge in [-0.25, -0.2) is 0 Å². The second kappa shape index (κ2) is 4.64. The topological polar surface area (TPSA) is 0 Å². The summed E-state index contributed by atoms with van der Waals surface area (Å²) in [6, 6.07) is 8.36. The van der Waals surface area contributed by atoms with Crippen molar-refractivity contribution in [3.05, 3.63) is 35.4 Å². The monoisotopic (exact) mass is 145 g/mol. The molecule has 0 aliphatic heterocycles. The minimum Gasteiger partial charge on any atom is -0.0620 e. The molecule has 0 bridgehead atoms. The Hall–Kier alpha value is 0.856. The van der Waals surface area contributed by atoms with Gasteiger partial charge in [0.25, 0.3) is 0 Å². The fourth-order valence-electron chi connectivity index (χ4n) is 0.663. The van der Waals surface area contributed by atoms with Gasteiger partial charge in [-0.1, -0.05) is 24.3 Å². The van der Waals surface area contributed by atoms with E-state index in [-0.39, 0.29) is 51.4 Å². The molecule has 1 heteroatoms. The molecule has 0 aliphatic carbocycles. The number of rotatable bonds is 0. The van der Waals surface area contributed by atoms with Crippen LogP contribution in [0.15, 0.2) is 24.3 Å². The van der Waals surface area contributed by atoms with Crippen LogP contribution < -0.4 is 0 Å². The molecule has 1 aromatic rings. The maximum Gasteiger partial charge on any atom is 0 e. The SMILES string of the molecule is Cc1ccccc1C.[K]. The fourth-order valence-corrected chi connectivity index (χ4v) is 0.663. The van der Waals surface area contributed by atoms with E-state index in [0.29, 0.717) is 0 Å². The zero-order valence-electron chi connectivity index (χ0n) is 6.31. The molecule has 1 rings (SSSR count). The second-order valence-corrected chi connectivity index (χ2v) is 2.08. The van der Waals surface area contributed by atoms with E-state index in [0.717, 1.165) is 0 Å². The van der Waals surface area contributed by atoms with Crippen LogP contribution >= 0.6 is 0 Å². The average molecular weight is 145 g/mol. The molecule has 0 heterocycles.